The van der Waals surface area contributed by atoms with Gasteiger partial charge in [-0.15, -0.1) is 0 Å². The van der Waals surface area contributed by atoms with Crippen molar-refractivity contribution >= 4 is 5.97 Å². The Balaban J connectivity index is 1.39. The van der Waals surface area contributed by atoms with Crippen molar-refractivity contribution in [1.82, 2.24) is 0 Å². The largest absolute Gasteiger partial charge is 0.494 e. The number of benzene rings is 2. The van der Waals surface area contributed by atoms with Crippen LogP contribution in [-0.2, 0) is 0 Å². The first-order chi connectivity index (χ1) is 17.1. The average Bonchev–Trinajstić information content (AvgIpc) is 2.88. The number of ether oxygens (including phenoxy) is 2. The van der Waals surface area contributed by atoms with Crippen LogP contribution < -0.4 is 9.47 Å². The second-order valence-electron chi connectivity index (χ2n) is 10.1. The summed E-state index contributed by atoms with van der Waals surface area (Å²) >= 11 is 0. The molecule has 0 aromatic heterocycles. The molecule has 4 nitrogen and oxygen atoms in total. The van der Waals surface area contributed by atoms with E-state index in [2.05, 4.69) is 6.92 Å². The standard InChI is InChI=1S/C31H44O4/c1-3-5-6-7-8-10-24-12-14-25(15-13-24)11-9-22-35-27-18-16-26(17-19-27)30-23-28(34-4-2)20-21-29(30)31(32)33/h16-21,23-25H,3-15,22H2,1-2H3,(H,32,33). The van der Waals surface area contributed by atoms with Crippen LogP contribution in [0.15, 0.2) is 42.5 Å². The van der Waals surface area contributed by atoms with Gasteiger partial charge in [-0.1, -0.05) is 83.3 Å². The maximum Gasteiger partial charge on any atom is 0.336 e. The van der Waals surface area contributed by atoms with Crippen LogP contribution in [0.5, 0.6) is 11.5 Å². The number of carboxylic acids is 1. The maximum atomic E-state index is 11.7. The molecule has 0 spiro atoms. The summed E-state index contributed by atoms with van der Waals surface area (Å²) in [5.41, 5.74) is 1.78. The number of hydrogen-bond acceptors (Lipinski definition) is 3. The molecule has 0 unspecified atom stereocenters. The first-order valence-corrected chi connectivity index (χ1v) is 13.8. The third-order valence-corrected chi connectivity index (χ3v) is 7.41. The van der Waals surface area contributed by atoms with Crippen LogP contribution in [0.25, 0.3) is 11.1 Å². The van der Waals surface area contributed by atoms with Gasteiger partial charge in [0.05, 0.1) is 18.8 Å². The highest BCUT2D eigenvalue weighted by Crippen LogP contribution is 2.34. The predicted molar refractivity (Wildman–Crippen MR) is 144 cm³/mol. The number of hydrogen-bond donors (Lipinski definition) is 1. The summed E-state index contributed by atoms with van der Waals surface area (Å²) in [5.74, 6) is 2.40. The van der Waals surface area contributed by atoms with E-state index >= 15 is 0 Å². The van der Waals surface area contributed by atoms with Crippen LogP contribution in [-0.4, -0.2) is 24.3 Å². The third kappa shape index (κ3) is 8.91. The molecule has 0 radical (unpaired) electrons. The molecule has 0 heterocycles. The quantitative estimate of drug-likeness (QED) is 0.259. The van der Waals surface area contributed by atoms with Gasteiger partial charge >= 0.3 is 5.97 Å². The zero-order valence-corrected chi connectivity index (χ0v) is 21.8. The molecule has 1 saturated carbocycles. The normalized spacial score (nSPS) is 17.8. The Morgan fingerprint density at radius 3 is 2.06 bits per heavy atom. The predicted octanol–water partition coefficient (Wildman–Crippen LogP) is 8.78. The van der Waals surface area contributed by atoms with Crippen molar-refractivity contribution in [2.24, 2.45) is 11.8 Å². The van der Waals surface area contributed by atoms with E-state index < -0.39 is 5.97 Å². The topological polar surface area (TPSA) is 55.8 Å². The van der Waals surface area contributed by atoms with Gasteiger partial charge in [0.15, 0.2) is 0 Å². The fourth-order valence-electron chi connectivity index (χ4n) is 5.34. The van der Waals surface area contributed by atoms with E-state index in [4.69, 9.17) is 9.47 Å². The second kappa shape index (κ2) is 14.8. The Labute approximate surface area is 212 Å². The zero-order chi connectivity index (χ0) is 24.9. The minimum atomic E-state index is -0.940. The summed E-state index contributed by atoms with van der Waals surface area (Å²) in [6, 6.07) is 12.8. The molecule has 35 heavy (non-hydrogen) atoms. The number of carbonyl (C=O) groups is 1. The van der Waals surface area contributed by atoms with E-state index in [-0.39, 0.29) is 5.56 Å². The van der Waals surface area contributed by atoms with Crippen LogP contribution in [0.4, 0.5) is 0 Å². The van der Waals surface area contributed by atoms with Gasteiger partial charge in [-0.3, -0.25) is 0 Å². The summed E-state index contributed by atoms with van der Waals surface area (Å²) < 4.78 is 11.6. The second-order valence-corrected chi connectivity index (χ2v) is 10.1. The van der Waals surface area contributed by atoms with Crippen molar-refractivity contribution in [3.05, 3.63) is 48.0 Å². The Hall–Kier alpha value is -2.49. The van der Waals surface area contributed by atoms with Gasteiger partial charge in [0, 0.05) is 0 Å². The van der Waals surface area contributed by atoms with Crippen molar-refractivity contribution in [2.45, 2.75) is 90.9 Å². The first kappa shape index (κ1) is 27.1. The molecule has 1 fully saturated rings. The highest BCUT2D eigenvalue weighted by Gasteiger charge is 2.20. The monoisotopic (exact) mass is 480 g/mol. The smallest absolute Gasteiger partial charge is 0.336 e. The Morgan fingerprint density at radius 2 is 1.43 bits per heavy atom. The lowest BCUT2D eigenvalue weighted by Crippen LogP contribution is -2.15. The average molecular weight is 481 g/mol. The molecule has 4 heteroatoms. The molecule has 2 aromatic rings. The molecule has 3 rings (SSSR count). The molecule has 0 amide bonds. The Bertz CT molecular complexity index is 881. The number of rotatable bonds is 15. The number of aromatic carboxylic acids is 1. The molecule has 0 bridgehead atoms. The number of carboxylic acid groups (broad SMARTS) is 1. The van der Waals surface area contributed by atoms with Gasteiger partial charge in [0.1, 0.15) is 11.5 Å². The molecule has 2 aromatic carbocycles. The molecular formula is C31H44O4. The van der Waals surface area contributed by atoms with E-state index in [1.54, 1.807) is 18.2 Å². The summed E-state index contributed by atoms with van der Waals surface area (Å²) in [6.07, 6.45) is 16.4. The SMILES string of the molecule is CCCCCCCC1CCC(CCCOc2ccc(-c3cc(OCC)ccc3C(=O)O)cc2)CC1. The lowest BCUT2D eigenvalue weighted by molar-refractivity contribution is 0.0697. The van der Waals surface area contributed by atoms with Crippen LogP contribution in [0.2, 0.25) is 0 Å². The molecule has 1 N–H and O–H groups in total. The molecule has 0 aliphatic heterocycles. The van der Waals surface area contributed by atoms with Gasteiger partial charge in [-0.05, 0) is 73.1 Å². The van der Waals surface area contributed by atoms with Crippen molar-refractivity contribution in [3.63, 3.8) is 0 Å². The summed E-state index contributed by atoms with van der Waals surface area (Å²) in [6.45, 7) is 5.47. The highest BCUT2D eigenvalue weighted by molar-refractivity contribution is 5.96. The van der Waals surface area contributed by atoms with E-state index in [0.29, 0.717) is 17.9 Å². The molecule has 192 valence electrons. The van der Waals surface area contributed by atoms with E-state index in [9.17, 15) is 9.90 Å². The van der Waals surface area contributed by atoms with Crippen molar-refractivity contribution in [1.29, 1.82) is 0 Å². The lowest BCUT2D eigenvalue weighted by atomic mass is 9.78. The van der Waals surface area contributed by atoms with E-state index in [0.717, 1.165) is 36.2 Å². The fraction of sp³-hybridized carbons (Fsp3) is 0.581. The van der Waals surface area contributed by atoms with Crippen molar-refractivity contribution < 1.29 is 19.4 Å². The van der Waals surface area contributed by atoms with Gasteiger partial charge in [0.25, 0.3) is 0 Å². The molecular weight excluding hydrogens is 436 g/mol. The van der Waals surface area contributed by atoms with Crippen LogP contribution in [0.3, 0.4) is 0 Å². The maximum absolute atomic E-state index is 11.7. The highest BCUT2D eigenvalue weighted by atomic mass is 16.5. The summed E-state index contributed by atoms with van der Waals surface area (Å²) in [5, 5.41) is 9.57. The van der Waals surface area contributed by atoms with Crippen LogP contribution in [0, 0.1) is 11.8 Å². The number of unbranched alkanes of at least 4 members (excludes halogenated alkanes) is 4. The zero-order valence-electron chi connectivity index (χ0n) is 21.8. The van der Waals surface area contributed by atoms with Crippen molar-refractivity contribution in [2.75, 3.05) is 13.2 Å². The Kier molecular flexibility index (Phi) is 11.5. The molecule has 0 saturated heterocycles. The van der Waals surface area contributed by atoms with Crippen molar-refractivity contribution in [3.8, 4) is 22.6 Å². The van der Waals surface area contributed by atoms with Gasteiger partial charge in [0.2, 0.25) is 0 Å². The van der Waals surface area contributed by atoms with Gasteiger partial charge < -0.3 is 14.6 Å². The summed E-state index contributed by atoms with van der Waals surface area (Å²) in [7, 11) is 0. The minimum Gasteiger partial charge on any atom is -0.494 e. The van der Waals surface area contributed by atoms with E-state index in [1.165, 1.54) is 70.6 Å². The van der Waals surface area contributed by atoms with Crippen LogP contribution >= 0.6 is 0 Å². The fourth-order valence-corrected chi connectivity index (χ4v) is 5.34. The summed E-state index contributed by atoms with van der Waals surface area (Å²) in [4.78, 5) is 11.7. The lowest BCUT2D eigenvalue weighted by Gasteiger charge is -2.28. The van der Waals surface area contributed by atoms with E-state index in [1.807, 2.05) is 31.2 Å². The van der Waals surface area contributed by atoms with Gasteiger partial charge in [-0.2, -0.15) is 0 Å². The molecule has 1 aliphatic rings. The van der Waals surface area contributed by atoms with Gasteiger partial charge in [-0.25, -0.2) is 4.79 Å². The molecule has 1 aliphatic carbocycles. The third-order valence-electron chi connectivity index (χ3n) is 7.41. The van der Waals surface area contributed by atoms with Crippen LogP contribution in [0.1, 0.15) is 101 Å². The Morgan fingerprint density at radius 1 is 0.800 bits per heavy atom. The molecule has 0 atom stereocenters. The first-order valence-electron chi connectivity index (χ1n) is 13.8. The minimum absolute atomic E-state index is 0.272.